The zero-order valence-electron chi connectivity index (χ0n) is 9.57. The molecule has 0 bridgehead atoms. The Morgan fingerprint density at radius 3 is 2.71 bits per heavy atom. The number of aryl methyl sites for hydroxylation is 1. The van der Waals surface area contributed by atoms with E-state index < -0.39 is 0 Å². The van der Waals surface area contributed by atoms with Gasteiger partial charge in [0.05, 0.1) is 18.4 Å². The molecule has 0 atom stereocenters. The molecule has 2 rings (SSSR count). The minimum atomic E-state index is -0.0798. The summed E-state index contributed by atoms with van der Waals surface area (Å²) in [7, 11) is 1.73. The third-order valence-corrected chi connectivity index (χ3v) is 2.88. The maximum absolute atomic E-state index is 12.1. The fourth-order valence-electron chi connectivity index (χ4n) is 1.55. The standard InChI is InChI=1S/C12H12BrNO3/c1-8-10(5-6-16-8)12(15)14(2)7-9-3-4-11(13)17-9/h3-6H,7H2,1-2H3. The quantitative estimate of drug-likeness (QED) is 0.874. The second kappa shape index (κ2) is 4.79. The summed E-state index contributed by atoms with van der Waals surface area (Å²) in [5.74, 6) is 1.28. The summed E-state index contributed by atoms with van der Waals surface area (Å²) in [6, 6.07) is 5.30. The minimum Gasteiger partial charge on any atom is -0.469 e. The molecule has 0 aliphatic rings. The number of carbonyl (C=O) groups is 1. The number of hydrogen-bond acceptors (Lipinski definition) is 3. The van der Waals surface area contributed by atoms with Crippen LogP contribution in [0.2, 0.25) is 0 Å². The predicted molar refractivity (Wildman–Crippen MR) is 65.7 cm³/mol. The highest BCUT2D eigenvalue weighted by atomic mass is 79.9. The van der Waals surface area contributed by atoms with Gasteiger partial charge in [-0.15, -0.1) is 0 Å². The molecule has 0 saturated heterocycles. The second-order valence-corrected chi connectivity index (χ2v) is 4.54. The Hall–Kier alpha value is -1.49. The van der Waals surface area contributed by atoms with Crippen molar-refractivity contribution in [2.75, 3.05) is 7.05 Å². The Labute approximate surface area is 107 Å². The van der Waals surface area contributed by atoms with Gasteiger partial charge in [0, 0.05) is 7.05 Å². The van der Waals surface area contributed by atoms with Crippen molar-refractivity contribution in [2.45, 2.75) is 13.5 Å². The van der Waals surface area contributed by atoms with Crippen LogP contribution >= 0.6 is 15.9 Å². The van der Waals surface area contributed by atoms with E-state index in [1.54, 1.807) is 31.0 Å². The van der Waals surface area contributed by atoms with Gasteiger partial charge in [0.25, 0.3) is 5.91 Å². The Balaban J connectivity index is 2.08. The lowest BCUT2D eigenvalue weighted by molar-refractivity contribution is 0.0773. The number of halogens is 1. The first-order valence-electron chi connectivity index (χ1n) is 5.11. The molecule has 2 aromatic rings. The maximum atomic E-state index is 12.1. The van der Waals surface area contributed by atoms with Crippen LogP contribution in [0, 0.1) is 6.92 Å². The molecule has 0 fully saturated rings. The van der Waals surface area contributed by atoms with Gasteiger partial charge in [0.15, 0.2) is 4.67 Å². The Kier molecular flexibility index (Phi) is 3.38. The molecule has 0 spiro atoms. The van der Waals surface area contributed by atoms with Gasteiger partial charge < -0.3 is 13.7 Å². The molecule has 0 aromatic carbocycles. The number of rotatable bonds is 3. The van der Waals surface area contributed by atoms with Crippen LogP contribution in [0.4, 0.5) is 0 Å². The van der Waals surface area contributed by atoms with Gasteiger partial charge in [-0.3, -0.25) is 4.79 Å². The van der Waals surface area contributed by atoms with Gasteiger partial charge in [-0.25, -0.2) is 0 Å². The molecule has 2 aromatic heterocycles. The average molecular weight is 298 g/mol. The van der Waals surface area contributed by atoms with E-state index in [1.807, 2.05) is 6.07 Å². The molecule has 0 aliphatic heterocycles. The lowest BCUT2D eigenvalue weighted by Gasteiger charge is -2.14. The van der Waals surface area contributed by atoms with E-state index in [-0.39, 0.29) is 5.91 Å². The summed E-state index contributed by atoms with van der Waals surface area (Å²) in [6.45, 7) is 2.19. The van der Waals surface area contributed by atoms with Gasteiger partial charge in [-0.1, -0.05) is 0 Å². The van der Waals surface area contributed by atoms with E-state index in [2.05, 4.69) is 15.9 Å². The van der Waals surface area contributed by atoms with Crippen LogP contribution in [0.15, 0.2) is 38.0 Å². The van der Waals surface area contributed by atoms with Gasteiger partial charge in [0.1, 0.15) is 11.5 Å². The summed E-state index contributed by atoms with van der Waals surface area (Å²) in [6.07, 6.45) is 1.51. The average Bonchev–Trinajstić information content (AvgIpc) is 2.86. The lowest BCUT2D eigenvalue weighted by atomic mass is 10.2. The van der Waals surface area contributed by atoms with Crippen molar-refractivity contribution in [3.05, 3.63) is 46.2 Å². The molecule has 0 N–H and O–H groups in total. The third-order valence-electron chi connectivity index (χ3n) is 2.46. The largest absolute Gasteiger partial charge is 0.469 e. The summed E-state index contributed by atoms with van der Waals surface area (Å²) in [4.78, 5) is 13.6. The highest BCUT2D eigenvalue weighted by molar-refractivity contribution is 9.10. The van der Waals surface area contributed by atoms with Gasteiger partial charge in [-0.05, 0) is 41.1 Å². The van der Waals surface area contributed by atoms with E-state index in [0.717, 1.165) is 5.76 Å². The molecular formula is C12H12BrNO3. The summed E-state index contributed by atoms with van der Waals surface area (Å²) >= 11 is 3.22. The molecule has 0 radical (unpaired) electrons. The van der Waals surface area contributed by atoms with Crippen molar-refractivity contribution >= 4 is 21.8 Å². The molecule has 1 amide bonds. The van der Waals surface area contributed by atoms with Crippen LogP contribution in [-0.2, 0) is 6.54 Å². The third kappa shape index (κ3) is 2.61. The fourth-order valence-corrected chi connectivity index (χ4v) is 1.89. The SMILES string of the molecule is Cc1occc1C(=O)N(C)Cc1ccc(Br)o1. The van der Waals surface area contributed by atoms with E-state index in [0.29, 0.717) is 22.5 Å². The van der Waals surface area contributed by atoms with Crippen molar-refractivity contribution in [3.8, 4) is 0 Å². The fraction of sp³-hybridized carbons (Fsp3) is 0.250. The van der Waals surface area contributed by atoms with Crippen molar-refractivity contribution in [2.24, 2.45) is 0 Å². The molecular weight excluding hydrogens is 286 g/mol. The number of furan rings is 2. The highest BCUT2D eigenvalue weighted by Gasteiger charge is 2.17. The summed E-state index contributed by atoms with van der Waals surface area (Å²) in [5.41, 5.74) is 0.582. The van der Waals surface area contributed by atoms with Crippen LogP contribution in [0.5, 0.6) is 0 Å². The van der Waals surface area contributed by atoms with E-state index in [9.17, 15) is 4.79 Å². The van der Waals surface area contributed by atoms with Crippen LogP contribution in [-0.4, -0.2) is 17.9 Å². The molecule has 0 unspecified atom stereocenters. The van der Waals surface area contributed by atoms with Crippen LogP contribution in [0.1, 0.15) is 21.9 Å². The number of carbonyl (C=O) groups excluding carboxylic acids is 1. The molecule has 0 saturated carbocycles. The first-order chi connectivity index (χ1) is 8.08. The van der Waals surface area contributed by atoms with E-state index in [1.165, 1.54) is 6.26 Å². The monoisotopic (exact) mass is 297 g/mol. The van der Waals surface area contributed by atoms with Crippen molar-refractivity contribution in [1.29, 1.82) is 0 Å². The zero-order valence-corrected chi connectivity index (χ0v) is 11.2. The van der Waals surface area contributed by atoms with Crippen molar-refractivity contribution in [1.82, 2.24) is 4.90 Å². The normalized spacial score (nSPS) is 10.5. The molecule has 5 heteroatoms. The van der Waals surface area contributed by atoms with Crippen molar-refractivity contribution in [3.63, 3.8) is 0 Å². The lowest BCUT2D eigenvalue weighted by Crippen LogP contribution is -2.26. The summed E-state index contributed by atoms with van der Waals surface area (Å²) in [5, 5.41) is 0. The summed E-state index contributed by atoms with van der Waals surface area (Å²) < 4.78 is 11.1. The molecule has 17 heavy (non-hydrogen) atoms. The van der Waals surface area contributed by atoms with Gasteiger partial charge in [-0.2, -0.15) is 0 Å². The van der Waals surface area contributed by atoms with Gasteiger partial charge >= 0.3 is 0 Å². The first-order valence-corrected chi connectivity index (χ1v) is 5.91. The minimum absolute atomic E-state index is 0.0798. The predicted octanol–water partition coefficient (Wildman–Crippen LogP) is 3.22. The number of nitrogens with zero attached hydrogens (tertiary/aromatic N) is 1. The van der Waals surface area contributed by atoms with E-state index in [4.69, 9.17) is 8.83 Å². The van der Waals surface area contributed by atoms with E-state index >= 15 is 0 Å². The molecule has 90 valence electrons. The Bertz CT molecular complexity index is 529. The van der Waals surface area contributed by atoms with Gasteiger partial charge in [0.2, 0.25) is 0 Å². The topological polar surface area (TPSA) is 46.6 Å². The maximum Gasteiger partial charge on any atom is 0.257 e. The van der Waals surface area contributed by atoms with Crippen molar-refractivity contribution < 1.29 is 13.6 Å². The molecule has 0 aliphatic carbocycles. The smallest absolute Gasteiger partial charge is 0.257 e. The second-order valence-electron chi connectivity index (χ2n) is 3.76. The number of hydrogen-bond donors (Lipinski definition) is 0. The van der Waals surface area contributed by atoms with Crippen LogP contribution < -0.4 is 0 Å². The zero-order chi connectivity index (χ0) is 12.4. The Morgan fingerprint density at radius 2 is 2.18 bits per heavy atom. The highest BCUT2D eigenvalue weighted by Crippen LogP contribution is 2.17. The molecule has 4 nitrogen and oxygen atoms in total. The van der Waals surface area contributed by atoms with Crippen LogP contribution in [0.25, 0.3) is 0 Å². The molecule has 2 heterocycles. The Morgan fingerprint density at radius 1 is 1.41 bits per heavy atom. The first kappa shape index (κ1) is 12.0. The number of amides is 1. The van der Waals surface area contributed by atoms with Crippen LogP contribution in [0.3, 0.4) is 0 Å².